The molecular formula is C15H22N2S. The van der Waals surface area contributed by atoms with Gasteiger partial charge in [-0.2, -0.15) is 0 Å². The second-order valence-corrected chi connectivity index (χ2v) is 6.15. The topological polar surface area (TPSA) is 38.9 Å². The molecule has 1 aromatic heterocycles. The molecule has 1 atom stereocenters. The minimum absolute atomic E-state index is 0.417. The van der Waals surface area contributed by atoms with E-state index in [0.29, 0.717) is 12.5 Å². The third kappa shape index (κ3) is 1.95. The van der Waals surface area contributed by atoms with Gasteiger partial charge in [0.2, 0.25) is 0 Å². The Balaban J connectivity index is 2.81. The predicted molar refractivity (Wildman–Crippen MR) is 80.7 cm³/mol. The zero-order valence-electron chi connectivity index (χ0n) is 11.9. The van der Waals surface area contributed by atoms with Gasteiger partial charge in [0.15, 0.2) is 0 Å². The van der Waals surface area contributed by atoms with Crippen LogP contribution in [0.4, 0.5) is 0 Å². The largest absolute Gasteiger partial charge is 0.330 e. The molecular weight excluding hydrogens is 240 g/mol. The van der Waals surface area contributed by atoms with Crippen LogP contribution in [-0.2, 0) is 6.42 Å². The second kappa shape index (κ2) is 4.98. The van der Waals surface area contributed by atoms with Gasteiger partial charge in [0.05, 0.1) is 15.2 Å². The summed E-state index contributed by atoms with van der Waals surface area (Å²) in [4.78, 5) is 4.77. The summed E-state index contributed by atoms with van der Waals surface area (Å²) in [6.07, 6.45) is 1.01. The van der Waals surface area contributed by atoms with Crippen molar-refractivity contribution in [3.8, 4) is 0 Å². The molecule has 0 fully saturated rings. The van der Waals surface area contributed by atoms with Gasteiger partial charge in [0.25, 0.3) is 0 Å². The van der Waals surface area contributed by atoms with Crippen LogP contribution < -0.4 is 5.73 Å². The fraction of sp³-hybridized carbons (Fsp3) is 0.533. The van der Waals surface area contributed by atoms with Crippen molar-refractivity contribution in [3.63, 3.8) is 0 Å². The average molecular weight is 262 g/mol. The van der Waals surface area contributed by atoms with E-state index in [0.717, 1.165) is 6.42 Å². The molecule has 1 aromatic carbocycles. The minimum Gasteiger partial charge on any atom is -0.330 e. The molecule has 0 amide bonds. The molecule has 3 heteroatoms. The van der Waals surface area contributed by atoms with Crippen LogP contribution in [0.25, 0.3) is 10.2 Å². The van der Waals surface area contributed by atoms with Gasteiger partial charge in [0, 0.05) is 0 Å². The van der Waals surface area contributed by atoms with Gasteiger partial charge in [-0.15, -0.1) is 11.3 Å². The molecule has 0 saturated carbocycles. The summed E-state index contributed by atoms with van der Waals surface area (Å²) >= 11 is 1.84. The molecule has 0 aliphatic heterocycles. The molecule has 2 rings (SSSR count). The summed E-state index contributed by atoms with van der Waals surface area (Å²) in [6.45, 7) is 11.7. The van der Waals surface area contributed by atoms with Crippen LogP contribution in [0, 0.1) is 20.8 Å². The van der Waals surface area contributed by atoms with Crippen molar-refractivity contribution in [1.82, 2.24) is 4.98 Å². The van der Waals surface area contributed by atoms with Gasteiger partial charge in [0.1, 0.15) is 0 Å². The zero-order valence-corrected chi connectivity index (χ0v) is 12.7. The summed E-state index contributed by atoms with van der Waals surface area (Å²) < 4.78 is 1.35. The highest BCUT2D eigenvalue weighted by atomic mass is 32.1. The van der Waals surface area contributed by atoms with Gasteiger partial charge in [-0.05, 0) is 61.9 Å². The second-order valence-electron chi connectivity index (χ2n) is 5.06. The van der Waals surface area contributed by atoms with Crippen molar-refractivity contribution in [2.45, 2.75) is 47.0 Å². The normalized spacial score (nSPS) is 13.2. The van der Waals surface area contributed by atoms with E-state index in [4.69, 9.17) is 10.7 Å². The molecule has 0 aliphatic carbocycles. The first-order valence-corrected chi connectivity index (χ1v) is 7.42. The Morgan fingerprint density at radius 3 is 2.39 bits per heavy atom. The molecule has 1 unspecified atom stereocenters. The van der Waals surface area contributed by atoms with Crippen LogP contribution >= 0.6 is 11.3 Å². The monoisotopic (exact) mass is 262 g/mol. The lowest BCUT2D eigenvalue weighted by molar-refractivity contribution is 0.762. The summed E-state index contributed by atoms with van der Waals surface area (Å²) in [7, 11) is 0. The number of rotatable bonds is 3. The zero-order chi connectivity index (χ0) is 13.4. The molecule has 0 bridgehead atoms. The van der Waals surface area contributed by atoms with Gasteiger partial charge in [-0.3, -0.25) is 0 Å². The van der Waals surface area contributed by atoms with E-state index < -0.39 is 0 Å². The predicted octanol–water partition coefficient (Wildman–Crippen LogP) is 3.85. The Bertz CT molecular complexity index is 584. The van der Waals surface area contributed by atoms with Crippen molar-refractivity contribution in [2.24, 2.45) is 5.73 Å². The van der Waals surface area contributed by atoms with Gasteiger partial charge < -0.3 is 5.73 Å². The first-order valence-electron chi connectivity index (χ1n) is 6.60. The molecule has 0 spiro atoms. The average Bonchev–Trinajstić information content (AvgIpc) is 2.80. The number of thiazole rings is 1. The Hall–Kier alpha value is -0.930. The number of hydrogen-bond acceptors (Lipinski definition) is 3. The Morgan fingerprint density at radius 1 is 1.17 bits per heavy atom. The molecule has 18 heavy (non-hydrogen) atoms. The molecule has 0 radical (unpaired) electrons. The van der Waals surface area contributed by atoms with Crippen LogP contribution in [0.5, 0.6) is 0 Å². The maximum atomic E-state index is 5.86. The van der Waals surface area contributed by atoms with Crippen LogP contribution in [0.2, 0.25) is 0 Å². The van der Waals surface area contributed by atoms with E-state index in [9.17, 15) is 0 Å². The fourth-order valence-electron chi connectivity index (χ4n) is 2.66. The third-order valence-corrected chi connectivity index (χ3v) is 5.21. The van der Waals surface area contributed by atoms with Crippen molar-refractivity contribution < 1.29 is 0 Å². The summed E-state index contributed by atoms with van der Waals surface area (Å²) in [5.41, 5.74) is 12.5. The number of benzene rings is 1. The lowest BCUT2D eigenvalue weighted by atomic mass is 9.89. The van der Waals surface area contributed by atoms with Crippen molar-refractivity contribution in [1.29, 1.82) is 0 Å². The highest BCUT2D eigenvalue weighted by molar-refractivity contribution is 7.18. The standard InChI is InChI=1S/C15H22N2S/c1-6-12-17-14-10(4)9(3)13(8(2)7-16)11(5)15(14)18-12/h8H,6-7,16H2,1-5H3. The molecule has 0 aliphatic rings. The van der Waals surface area contributed by atoms with Gasteiger partial charge in [-0.25, -0.2) is 4.98 Å². The van der Waals surface area contributed by atoms with Crippen LogP contribution in [0.3, 0.4) is 0 Å². The number of nitrogens with zero attached hydrogens (tertiary/aromatic N) is 1. The lowest BCUT2D eigenvalue weighted by Gasteiger charge is -2.18. The van der Waals surface area contributed by atoms with E-state index in [-0.39, 0.29) is 0 Å². The highest BCUT2D eigenvalue weighted by Crippen LogP contribution is 2.36. The number of aryl methyl sites for hydroxylation is 3. The van der Waals surface area contributed by atoms with Crippen LogP contribution in [0.1, 0.15) is 47.0 Å². The molecule has 98 valence electrons. The maximum absolute atomic E-state index is 5.86. The Labute approximate surface area is 113 Å². The quantitative estimate of drug-likeness (QED) is 0.912. The SMILES string of the molecule is CCc1nc2c(C)c(C)c(C(C)CN)c(C)c2s1. The van der Waals surface area contributed by atoms with E-state index in [1.54, 1.807) is 0 Å². The number of fused-ring (bicyclic) bond motifs is 1. The van der Waals surface area contributed by atoms with Crippen molar-refractivity contribution in [2.75, 3.05) is 6.54 Å². The molecule has 2 N–H and O–H groups in total. The first-order chi connectivity index (χ1) is 8.51. The molecule has 1 heterocycles. The highest BCUT2D eigenvalue weighted by Gasteiger charge is 2.18. The number of hydrogen-bond donors (Lipinski definition) is 1. The van der Waals surface area contributed by atoms with Crippen molar-refractivity contribution >= 4 is 21.6 Å². The van der Waals surface area contributed by atoms with Crippen LogP contribution in [-0.4, -0.2) is 11.5 Å². The van der Waals surface area contributed by atoms with E-state index >= 15 is 0 Å². The smallest absolute Gasteiger partial charge is 0.0936 e. The summed E-state index contributed by atoms with van der Waals surface area (Å²) in [6, 6.07) is 0. The van der Waals surface area contributed by atoms with Crippen molar-refractivity contribution in [3.05, 3.63) is 27.3 Å². The van der Waals surface area contributed by atoms with E-state index in [2.05, 4.69) is 34.6 Å². The van der Waals surface area contributed by atoms with Gasteiger partial charge in [-0.1, -0.05) is 13.8 Å². The number of aromatic nitrogens is 1. The first kappa shape index (κ1) is 13.5. The maximum Gasteiger partial charge on any atom is 0.0936 e. The van der Waals surface area contributed by atoms with Crippen LogP contribution in [0.15, 0.2) is 0 Å². The Kier molecular flexibility index (Phi) is 3.74. The Morgan fingerprint density at radius 2 is 1.83 bits per heavy atom. The van der Waals surface area contributed by atoms with E-state index in [1.807, 2.05) is 11.3 Å². The minimum atomic E-state index is 0.417. The van der Waals surface area contributed by atoms with Gasteiger partial charge >= 0.3 is 0 Å². The lowest BCUT2D eigenvalue weighted by Crippen LogP contribution is -2.12. The third-order valence-electron chi connectivity index (χ3n) is 3.89. The number of nitrogens with two attached hydrogens (primary N) is 1. The summed E-state index contributed by atoms with van der Waals surface area (Å²) in [5.74, 6) is 0.417. The summed E-state index contributed by atoms with van der Waals surface area (Å²) in [5, 5.41) is 1.23. The van der Waals surface area contributed by atoms with E-state index in [1.165, 1.54) is 37.5 Å². The molecule has 2 aromatic rings. The molecule has 2 nitrogen and oxygen atoms in total. The fourth-order valence-corrected chi connectivity index (χ4v) is 3.74. The molecule has 0 saturated heterocycles.